The lowest BCUT2D eigenvalue weighted by Gasteiger charge is -2.28. The number of hydrogen-bond donors (Lipinski definition) is 1. The Morgan fingerprint density at radius 3 is 1.29 bits per heavy atom. The summed E-state index contributed by atoms with van der Waals surface area (Å²) >= 11 is 0. The van der Waals surface area contributed by atoms with E-state index in [2.05, 4.69) is 198 Å². The van der Waals surface area contributed by atoms with Crippen LogP contribution in [0.4, 0.5) is 17.1 Å². The van der Waals surface area contributed by atoms with Crippen LogP contribution >= 0.6 is 0 Å². The Labute approximate surface area is 299 Å². The molecule has 0 spiro atoms. The zero-order valence-electron chi connectivity index (χ0n) is 28.0. The summed E-state index contributed by atoms with van der Waals surface area (Å²) in [5.74, 6) is 0. The monoisotopic (exact) mass is 653 g/mol. The minimum Gasteiger partial charge on any atom is -0.358 e. The summed E-state index contributed by atoms with van der Waals surface area (Å²) in [5, 5.41) is 3.95. The third kappa shape index (κ3) is 5.96. The standard InChI is InChI=1S/C48H35N3/c1-5-13-34(14-6-1)36-21-25-38(26-22-36)41-31-42(39-27-23-37(24-28-39)35-15-7-2-8-16-35)33-43(32-41)48-50-47-45(51(48)44-19-11-4-12-20-44)29-30-49-46(47)40-17-9-3-10-18-40/h1-33,48,50H. The number of fused-ring (bicyclic) bond motifs is 1. The van der Waals surface area contributed by atoms with Crippen LogP contribution < -0.4 is 10.2 Å². The smallest absolute Gasteiger partial charge is 0.130 e. The van der Waals surface area contributed by atoms with Gasteiger partial charge in [-0.1, -0.05) is 158 Å². The Morgan fingerprint density at radius 1 is 0.392 bits per heavy atom. The van der Waals surface area contributed by atoms with E-state index in [1.54, 1.807) is 0 Å². The predicted octanol–water partition coefficient (Wildman–Crippen LogP) is 12.7. The van der Waals surface area contributed by atoms with Gasteiger partial charge in [-0.2, -0.15) is 0 Å². The summed E-state index contributed by atoms with van der Waals surface area (Å²) in [4.78, 5) is 7.29. The maximum atomic E-state index is 4.88. The maximum Gasteiger partial charge on any atom is 0.130 e. The van der Waals surface area contributed by atoms with Crippen LogP contribution in [-0.4, -0.2) is 4.98 Å². The van der Waals surface area contributed by atoms with Crippen molar-refractivity contribution in [3.63, 3.8) is 0 Å². The van der Waals surface area contributed by atoms with Crippen molar-refractivity contribution in [3.05, 3.63) is 206 Å². The lowest BCUT2D eigenvalue weighted by Crippen LogP contribution is -2.23. The summed E-state index contributed by atoms with van der Waals surface area (Å²) < 4.78 is 0. The van der Waals surface area contributed by atoms with E-state index in [0.717, 1.165) is 28.3 Å². The maximum absolute atomic E-state index is 4.88. The highest BCUT2D eigenvalue weighted by Gasteiger charge is 2.34. The molecule has 8 aromatic rings. The molecule has 1 aromatic heterocycles. The molecule has 0 bridgehead atoms. The first-order valence-corrected chi connectivity index (χ1v) is 17.4. The van der Waals surface area contributed by atoms with Crippen LogP contribution in [0.2, 0.25) is 0 Å². The van der Waals surface area contributed by atoms with Crippen LogP contribution in [-0.2, 0) is 0 Å². The number of rotatable bonds is 7. The zero-order valence-corrected chi connectivity index (χ0v) is 28.0. The molecular weight excluding hydrogens is 619 g/mol. The molecule has 0 saturated heterocycles. The molecule has 3 heteroatoms. The summed E-state index contributed by atoms with van der Waals surface area (Å²) in [5.41, 5.74) is 16.0. The van der Waals surface area contributed by atoms with Crippen molar-refractivity contribution >= 4 is 17.1 Å². The summed E-state index contributed by atoms with van der Waals surface area (Å²) in [6, 6.07) is 69.2. The molecule has 2 heterocycles. The lowest BCUT2D eigenvalue weighted by molar-refractivity contribution is 0.829. The number of anilines is 3. The molecule has 7 aromatic carbocycles. The van der Waals surface area contributed by atoms with Gasteiger partial charge in [0.2, 0.25) is 0 Å². The third-order valence-corrected chi connectivity index (χ3v) is 9.73. The Hall–Kier alpha value is -6.71. The van der Waals surface area contributed by atoms with Crippen molar-refractivity contribution in [3.8, 4) is 55.8 Å². The lowest BCUT2D eigenvalue weighted by atomic mass is 9.93. The third-order valence-electron chi connectivity index (χ3n) is 9.73. The van der Waals surface area contributed by atoms with Gasteiger partial charge >= 0.3 is 0 Å². The fourth-order valence-corrected chi connectivity index (χ4v) is 7.17. The SMILES string of the molecule is c1ccc(-c2ccc(-c3cc(-c4ccc(-c5ccccc5)cc4)cc(C4Nc5c(ccnc5-c5ccccc5)N4c4ccccc4)c3)cc2)cc1. The second-order valence-corrected chi connectivity index (χ2v) is 12.9. The van der Waals surface area contributed by atoms with Crippen LogP contribution in [0.3, 0.4) is 0 Å². The first-order valence-electron chi connectivity index (χ1n) is 17.4. The highest BCUT2D eigenvalue weighted by atomic mass is 15.3. The highest BCUT2D eigenvalue weighted by molar-refractivity contribution is 5.92. The van der Waals surface area contributed by atoms with Gasteiger partial charge in [0, 0.05) is 17.4 Å². The molecule has 1 atom stereocenters. The fraction of sp³-hybridized carbons (Fsp3) is 0.0208. The molecule has 1 aliphatic heterocycles. The van der Waals surface area contributed by atoms with Crippen molar-refractivity contribution in [1.82, 2.24) is 4.98 Å². The predicted molar refractivity (Wildman–Crippen MR) is 213 cm³/mol. The zero-order chi connectivity index (χ0) is 34.0. The van der Waals surface area contributed by atoms with Crippen LogP contribution in [0, 0.1) is 0 Å². The second kappa shape index (κ2) is 13.3. The first-order chi connectivity index (χ1) is 25.3. The molecule has 0 radical (unpaired) electrons. The molecule has 1 unspecified atom stereocenters. The molecule has 9 rings (SSSR count). The molecule has 51 heavy (non-hydrogen) atoms. The average Bonchev–Trinajstić information content (AvgIpc) is 3.62. The van der Waals surface area contributed by atoms with Gasteiger partial charge < -0.3 is 10.2 Å². The van der Waals surface area contributed by atoms with Crippen molar-refractivity contribution < 1.29 is 0 Å². The quantitative estimate of drug-likeness (QED) is 0.186. The van der Waals surface area contributed by atoms with Gasteiger partial charge in [-0.3, -0.25) is 4.98 Å². The molecule has 1 N–H and O–H groups in total. The normalized spacial score (nSPS) is 13.4. The molecule has 0 amide bonds. The first kappa shape index (κ1) is 30.4. The highest BCUT2D eigenvalue weighted by Crippen LogP contribution is 2.50. The van der Waals surface area contributed by atoms with Crippen LogP contribution in [0.25, 0.3) is 55.8 Å². The largest absolute Gasteiger partial charge is 0.358 e. The van der Waals surface area contributed by atoms with Crippen molar-refractivity contribution in [2.24, 2.45) is 0 Å². The molecule has 242 valence electrons. The van der Waals surface area contributed by atoms with E-state index in [4.69, 9.17) is 4.98 Å². The molecular formula is C48H35N3. The van der Waals surface area contributed by atoms with Gasteiger partial charge in [-0.25, -0.2) is 0 Å². The van der Waals surface area contributed by atoms with E-state index in [9.17, 15) is 0 Å². The molecule has 0 aliphatic carbocycles. The average molecular weight is 654 g/mol. The Morgan fingerprint density at radius 2 is 0.804 bits per heavy atom. The van der Waals surface area contributed by atoms with E-state index in [0.29, 0.717) is 0 Å². The van der Waals surface area contributed by atoms with Crippen molar-refractivity contribution in [1.29, 1.82) is 0 Å². The van der Waals surface area contributed by atoms with Gasteiger partial charge in [-0.15, -0.1) is 0 Å². The van der Waals surface area contributed by atoms with Gasteiger partial charge in [-0.05, 0) is 86.5 Å². The number of hydrogen-bond acceptors (Lipinski definition) is 3. The Balaban J connectivity index is 1.19. The molecule has 0 saturated carbocycles. The Bertz CT molecular complexity index is 2310. The van der Waals surface area contributed by atoms with E-state index < -0.39 is 0 Å². The van der Waals surface area contributed by atoms with Crippen LogP contribution in [0.1, 0.15) is 11.7 Å². The Kier molecular flexibility index (Phi) is 7.92. The molecule has 1 aliphatic rings. The van der Waals surface area contributed by atoms with Gasteiger partial charge in [0.25, 0.3) is 0 Å². The van der Waals surface area contributed by atoms with E-state index in [1.165, 1.54) is 50.1 Å². The van der Waals surface area contributed by atoms with E-state index >= 15 is 0 Å². The second-order valence-electron chi connectivity index (χ2n) is 12.9. The van der Waals surface area contributed by atoms with Crippen LogP contribution in [0.15, 0.2) is 200 Å². The number of aromatic nitrogens is 1. The van der Waals surface area contributed by atoms with Crippen molar-refractivity contribution in [2.45, 2.75) is 6.17 Å². The number of benzene rings is 7. The summed E-state index contributed by atoms with van der Waals surface area (Å²) in [6.45, 7) is 0. The van der Waals surface area contributed by atoms with Gasteiger partial charge in [0.05, 0.1) is 17.1 Å². The van der Waals surface area contributed by atoms with Crippen molar-refractivity contribution in [2.75, 3.05) is 10.2 Å². The number of nitrogens with one attached hydrogen (secondary N) is 1. The summed E-state index contributed by atoms with van der Waals surface area (Å²) in [7, 11) is 0. The molecule has 0 fully saturated rings. The van der Waals surface area contributed by atoms with Gasteiger partial charge in [0.15, 0.2) is 0 Å². The molecule has 3 nitrogen and oxygen atoms in total. The van der Waals surface area contributed by atoms with E-state index in [-0.39, 0.29) is 6.17 Å². The number of nitrogens with zero attached hydrogens (tertiary/aromatic N) is 2. The fourth-order valence-electron chi connectivity index (χ4n) is 7.17. The number of pyridine rings is 1. The van der Waals surface area contributed by atoms with E-state index in [1.807, 2.05) is 12.3 Å². The van der Waals surface area contributed by atoms with Crippen LogP contribution in [0.5, 0.6) is 0 Å². The summed E-state index contributed by atoms with van der Waals surface area (Å²) in [6.07, 6.45) is 1.76. The number of para-hydroxylation sites is 1. The minimum atomic E-state index is -0.167. The van der Waals surface area contributed by atoms with Gasteiger partial charge in [0.1, 0.15) is 6.17 Å². The minimum absolute atomic E-state index is 0.167. The topological polar surface area (TPSA) is 28.2 Å².